The van der Waals surface area contributed by atoms with Gasteiger partial charge < -0.3 is 42.3 Å². The number of carbonyl (C=O) groups is 6. The number of nitrogens with two attached hydrogens (primary N) is 2. The second-order valence-electron chi connectivity index (χ2n) is 15.7. The highest BCUT2D eigenvalue weighted by Crippen LogP contribution is 2.15. The van der Waals surface area contributed by atoms with Crippen LogP contribution in [0.25, 0.3) is 22.3 Å². The number of hydrogen-bond acceptors (Lipinski definition) is 19. The van der Waals surface area contributed by atoms with Crippen molar-refractivity contribution in [3.8, 4) is 0 Å². The molecule has 0 aliphatic carbocycles. The molecule has 11 N–H and O–H groups in total. The average molecular weight is 950 g/mol. The van der Waals surface area contributed by atoms with E-state index in [1.54, 1.807) is 12.4 Å². The minimum atomic E-state index is -1.14. The molecular weight excluding hydrogens is 903 g/mol. The molecule has 0 saturated carbocycles. The molecule has 1 aliphatic rings. The Labute approximate surface area is 389 Å². The number of nitrogen functional groups attached to an aromatic ring is 2. The van der Waals surface area contributed by atoms with Crippen LogP contribution in [0.2, 0.25) is 0 Å². The summed E-state index contributed by atoms with van der Waals surface area (Å²) in [5.74, 6) is -5.33. The van der Waals surface area contributed by atoms with Crippen LogP contribution in [0.15, 0.2) is 70.5 Å². The van der Waals surface area contributed by atoms with Crippen LogP contribution in [-0.2, 0) is 72.4 Å². The zero-order valence-corrected chi connectivity index (χ0v) is 36.7. The number of hydrogen-bond donors (Lipinski definition) is 9. The molecule has 0 bridgehead atoms. The van der Waals surface area contributed by atoms with Crippen molar-refractivity contribution in [3.05, 3.63) is 115 Å². The van der Waals surface area contributed by atoms with Crippen molar-refractivity contribution < 1.29 is 48.9 Å². The molecule has 1 saturated heterocycles. The van der Waals surface area contributed by atoms with E-state index in [2.05, 4.69) is 50.5 Å². The summed E-state index contributed by atoms with van der Waals surface area (Å²) < 4.78 is 0. The highest BCUT2D eigenvalue weighted by Gasteiger charge is 2.33. The maximum absolute atomic E-state index is 12.0. The summed E-state index contributed by atoms with van der Waals surface area (Å²) in [4.78, 5) is 127. The van der Waals surface area contributed by atoms with Crippen LogP contribution in [0.4, 0.5) is 11.9 Å². The van der Waals surface area contributed by atoms with Crippen molar-refractivity contribution >= 4 is 69.9 Å². The van der Waals surface area contributed by atoms with Crippen molar-refractivity contribution in [2.45, 2.75) is 89.4 Å². The van der Waals surface area contributed by atoms with Gasteiger partial charge in [-0.3, -0.25) is 43.5 Å². The number of anilines is 2. The fourth-order valence-corrected chi connectivity index (χ4v) is 6.82. The minimum Gasteiger partial charge on any atom is -0.481 e. The first kappa shape index (κ1) is 49.8. The van der Waals surface area contributed by atoms with Crippen molar-refractivity contribution in [3.63, 3.8) is 0 Å². The maximum Gasteiger partial charge on any atom is 0.333 e. The molecule has 6 aromatic rings. The number of H-pyrrole nitrogens is 2. The largest absolute Gasteiger partial charge is 0.481 e. The number of aromatic amines is 2. The Hall–Kier alpha value is -8.58. The molecular formula is C44H47N13O12. The smallest absolute Gasteiger partial charge is 0.333 e. The number of rotatable bonds is 21. The number of amides is 2. The summed E-state index contributed by atoms with van der Waals surface area (Å²) in [6, 6.07) is 13.1. The third-order valence-corrected chi connectivity index (χ3v) is 10.5. The van der Waals surface area contributed by atoms with Crippen molar-refractivity contribution in [1.82, 2.24) is 55.6 Å². The van der Waals surface area contributed by atoms with Gasteiger partial charge in [-0.05, 0) is 60.8 Å². The number of nitrogens with zero attached hydrogens (tertiary/aromatic N) is 7. The molecule has 25 heteroatoms. The third kappa shape index (κ3) is 14.5. The summed E-state index contributed by atoms with van der Waals surface area (Å²) in [6.45, 7) is 0.552. The summed E-state index contributed by atoms with van der Waals surface area (Å²) >= 11 is 0. The van der Waals surface area contributed by atoms with Gasteiger partial charge in [0.2, 0.25) is 11.9 Å². The van der Waals surface area contributed by atoms with Crippen LogP contribution < -0.4 is 33.2 Å². The average Bonchev–Trinajstić information content (AvgIpc) is 3.63. The van der Waals surface area contributed by atoms with Gasteiger partial charge in [-0.1, -0.05) is 48.5 Å². The minimum absolute atomic E-state index is 0.00862. The Morgan fingerprint density at radius 2 is 1.01 bits per heavy atom. The SMILES string of the molecule is Nc1nc2ncc(CCc3ccc(CNC(CCC(=O)O)C(=O)O)cc3)nc2c(=O)[nH]1.Nc1nc2ncc(CCc3ccc(CNC(CCC(=O)ON4C(=O)CCC4=O)C(=O)O)cc3)nc2c(=O)[nH]1. The van der Waals surface area contributed by atoms with E-state index < -0.39 is 58.9 Å². The lowest BCUT2D eigenvalue weighted by molar-refractivity contribution is -0.197. The molecule has 2 unspecified atom stereocenters. The normalized spacial score (nSPS) is 13.2. The van der Waals surface area contributed by atoms with Gasteiger partial charge in [0.1, 0.15) is 12.1 Å². The Kier molecular flexibility index (Phi) is 16.8. The monoisotopic (exact) mass is 949 g/mol. The maximum atomic E-state index is 12.0. The lowest BCUT2D eigenvalue weighted by Crippen LogP contribution is -2.37. The molecule has 7 rings (SSSR count). The van der Waals surface area contributed by atoms with Gasteiger partial charge in [0, 0.05) is 32.4 Å². The van der Waals surface area contributed by atoms with Gasteiger partial charge >= 0.3 is 23.9 Å². The Balaban J connectivity index is 0.000000232. The van der Waals surface area contributed by atoms with E-state index in [4.69, 9.17) is 21.4 Å². The second kappa shape index (κ2) is 23.2. The quantitative estimate of drug-likeness (QED) is 0.0443. The summed E-state index contributed by atoms with van der Waals surface area (Å²) in [6.07, 6.45) is 4.93. The highest BCUT2D eigenvalue weighted by atomic mass is 16.7. The van der Waals surface area contributed by atoms with Crippen LogP contribution in [0, 0.1) is 0 Å². The molecule has 2 amide bonds. The molecule has 1 fully saturated rings. The number of nitrogens with one attached hydrogen (secondary N) is 4. The molecule has 2 aromatic carbocycles. The predicted molar refractivity (Wildman–Crippen MR) is 242 cm³/mol. The Bertz CT molecular complexity index is 2970. The van der Waals surface area contributed by atoms with E-state index in [1.807, 2.05) is 48.5 Å². The van der Waals surface area contributed by atoms with Gasteiger partial charge in [-0.25, -0.2) is 24.7 Å². The van der Waals surface area contributed by atoms with Crippen molar-refractivity contribution in [2.24, 2.45) is 0 Å². The molecule has 69 heavy (non-hydrogen) atoms. The van der Waals surface area contributed by atoms with Gasteiger partial charge in [-0.15, -0.1) is 5.06 Å². The molecule has 5 heterocycles. The highest BCUT2D eigenvalue weighted by molar-refractivity contribution is 6.01. The lowest BCUT2D eigenvalue weighted by atomic mass is 10.1. The number of carboxylic acid groups (broad SMARTS) is 3. The number of aromatic nitrogens is 8. The fraction of sp³-hybridized carbons (Fsp3) is 0.318. The lowest BCUT2D eigenvalue weighted by Gasteiger charge is -2.16. The summed E-state index contributed by atoms with van der Waals surface area (Å²) in [5.41, 5.74) is 15.8. The fourth-order valence-electron chi connectivity index (χ4n) is 6.82. The molecule has 25 nitrogen and oxygen atoms in total. The van der Waals surface area contributed by atoms with E-state index in [-0.39, 0.29) is 79.3 Å². The van der Waals surface area contributed by atoms with E-state index >= 15 is 0 Å². The first-order chi connectivity index (χ1) is 33.0. The van der Waals surface area contributed by atoms with Crippen LogP contribution >= 0.6 is 0 Å². The van der Waals surface area contributed by atoms with Crippen LogP contribution in [0.5, 0.6) is 0 Å². The van der Waals surface area contributed by atoms with Crippen molar-refractivity contribution in [1.29, 1.82) is 0 Å². The van der Waals surface area contributed by atoms with E-state index in [0.717, 1.165) is 22.3 Å². The van der Waals surface area contributed by atoms with E-state index in [0.29, 0.717) is 48.7 Å². The van der Waals surface area contributed by atoms with Gasteiger partial charge in [0.05, 0.1) is 30.2 Å². The van der Waals surface area contributed by atoms with Gasteiger partial charge in [-0.2, -0.15) is 9.97 Å². The third-order valence-electron chi connectivity index (χ3n) is 10.5. The van der Waals surface area contributed by atoms with Crippen LogP contribution in [0.3, 0.4) is 0 Å². The number of aryl methyl sites for hydroxylation is 4. The topological polar surface area (TPSA) is 395 Å². The number of fused-ring (bicyclic) bond motifs is 2. The van der Waals surface area contributed by atoms with Gasteiger partial charge in [0.25, 0.3) is 22.9 Å². The van der Waals surface area contributed by atoms with E-state index in [9.17, 15) is 48.6 Å². The van der Waals surface area contributed by atoms with Gasteiger partial charge in [0.15, 0.2) is 22.3 Å². The number of hydroxylamine groups is 2. The Morgan fingerprint density at radius 1 is 0.609 bits per heavy atom. The molecule has 2 atom stereocenters. The van der Waals surface area contributed by atoms with E-state index in [1.165, 1.54) is 0 Å². The predicted octanol–water partition coefficient (Wildman–Crippen LogP) is 0.499. The number of carbonyl (C=O) groups excluding carboxylic acids is 3. The number of aliphatic carboxylic acids is 3. The Morgan fingerprint density at radius 3 is 1.42 bits per heavy atom. The second-order valence-corrected chi connectivity index (χ2v) is 15.7. The summed E-state index contributed by atoms with van der Waals surface area (Å²) in [5, 5.41) is 33.6. The molecule has 0 spiro atoms. The standard InChI is InChI=1S/C24H25N7O7.C20H22N6O5/c25-24-29-21-20(22(35)30-24)28-15(12-27-21)6-5-13-1-3-14(4-2-13)11-26-16(23(36)37)7-10-19(34)38-31-17(32)8-9-18(31)33;21-20-25-17-16(18(29)26-20)24-13(10-23-17)6-5-11-1-3-12(4-2-11)9-22-14(19(30)31)7-8-15(27)28/h1-4,12,16,26H,5-11H2,(H,36,37)(H3,25,27,29,30,35);1-4,10,14,22H,5-9H2,(H,27,28)(H,30,31)(H3,21,23,25,26,29). The molecule has 360 valence electrons. The number of imide groups is 1. The number of carboxylic acids is 3. The molecule has 1 aliphatic heterocycles. The zero-order chi connectivity index (χ0) is 49.6. The molecule has 0 radical (unpaired) electrons. The first-order valence-corrected chi connectivity index (χ1v) is 21.4. The molecule has 4 aromatic heterocycles. The van der Waals surface area contributed by atoms with Crippen LogP contribution in [-0.4, -0.2) is 108 Å². The first-order valence-electron chi connectivity index (χ1n) is 21.4. The van der Waals surface area contributed by atoms with Crippen LogP contribution in [0.1, 0.15) is 72.2 Å². The zero-order valence-electron chi connectivity index (χ0n) is 36.7. The summed E-state index contributed by atoms with van der Waals surface area (Å²) in [7, 11) is 0. The van der Waals surface area contributed by atoms with Crippen molar-refractivity contribution in [2.75, 3.05) is 11.5 Å². The number of benzene rings is 2.